The topological polar surface area (TPSA) is 26.3 Å². The van der Waals surface area contributed by atoms with Crippen molar-refractivity contribution in [3.8, 4) is 0 Å². The van der Waals surface area contributed by atoms with E-state index in [1.165, 1.54) is 96.3 Å². The van der Waals surface area contributed by atoms with E-state index >= 15 is 0 Å². The number of esters is 1. The van der Waals surface area contributed by atoms with Crippen molar-refractivity contribution in [2.24, 2.45) is 52.3 Å². The zero-order chi connectivity index (χ0) is 36.0. The van der Waals surface area contributed by atoms with Crippen molar-refractivity contribution < 1.29 is 9.53 Å². The van der Waals surface area contributed by atoms with Crippen LogP contribution in [0.4, 0.5) is 0 Å². The van der Waals surface area contributed by atoms with E-state index in [9.17, 15) is 4.79 Å². The lowest BCUT2D eigenvalue weighted by molar-refractivity contribution is -0.151. The van der Waals surface area contributed by atoms with Gasteiger partial charge in [-0.1, -0.05) is 142 Å². The van der Waals surface area contributed by atoms with E-state index in [2.05, 4.69) is 91.0 Å². The largest absolute Gasteiger partial charge is 0.462 e. The van der Waals surface area contributed by atoms with E-state index in [0.717, 1.165) is 68.1 Å². The SMILES string of the molecule is CCCCCCCCC/C=C/C=C/CCCCCC(=O)OC1CCC2(C)C(=CCC3C2CCC2(C)C(C(C)/C=C/C(CC)C(C)C)CCC32)C1. The fraction of sp³-hybridized carbons (Fsp3) is 0.812. The Balaban J connectivity index is 1.15. The van der Waals surface area contributed by atoms with Gasteiger partial charge < -0.3 is 4.74 Å². The smallest absolute Gasteiger partial charge is 0.306 e. The Hall–Kier alpha value is -1.57. The lowest BCUT2D eigenvalue weighted by Crippen LogP contribution is -2.51. The first-order valence-corrected chi connectivity index (χ1v) is 22.0. The number of rotatable bonds is 21. The lowest BCUT2D eigenvalue weighted by atomic mass is 9.47. The maximum absolute atomic E-state index is 12.8. The summed E-state index contributed by atoms with van der Waals surface area (Å²) in [4.78, 5) is 12.8. The van der Waals surface area contributed by atoms with Crippen LogP contribution in [0, 0.1) is 52.3 Å². The van der Waals surface area contributed by atoms with Crippen molar-refractivity contribution in [1.82, 2.24) is 0 Å². The van der Waals surface area contributed by atoms with Crippen LogP contribution in [0.15, 0.2) is 48.1 Å². The second kappa shape index (κ2) is 20.6. The molecular weight excluding hydrogens is 609 g/mol. The quantitative estimate of drug-likeness (QED) is 0.0519. The molecule has 0 saturated heterocycles. The number of allylic oxidation sites excluding steroid dienone is 7. The molecule has 9 atom stereocenters. The standard InChI is InChI=1S/C48H80O2/c1-8-10-11-12-13-14-15-16-17-18-19-20-21-22-23-24-25-46(49)50-41-32-34-47(6)40(36-41)28-29-42-44-31-30-43(48(44,7)35-33-45(42)47)38(5)26-27-39(9-2)37(3)4/h17-20,26-28,37-39,41-45H,8-16,21-25,29-36H2,1-7H3/b18-17+,20-19+,27-26+. The van der Waals surface area contributed by atoms with Crippen LogP contribution in [-0.4, -0.2) is 12.1 Å². The van der Waals surface area contributed by atoms with Crippen LogP contribution in [0.2, 0.25) is 0 Å². The molecule has 0 aliphatic heterocycles. The second-order valence-electron chi connectivity index (χ2n) is 18.3. The first kappa shape index (κ1) is 41.2. The Morgan fingerprint density at radius 2 is 1.50 bits per heavy atom. The molecule has 284 valence electrons. The summed E-state index contributed by atoms with van der Waals surface area (Å²) in [6, 6.07) is 0. The van der Waals surface area contributed by atoms with E-state index in [1.807, 2.05) is 0 Å². The number of hydrogen-bond acceptors (Lipinski definition) is 2. The van der Waals surface area contributed by atoms with Crippen molar-refractivity contribution in [1.29, 1.82) is 0 Å². The summed E-state index contributed by atoms with van der Waals surface area (Å²) in [6.07, 6.45) is 44.0. The van der Waals surface area contributed by atoms with E-state index in [0.29, 0.717) is 29.1 Å². The highest BCUT2D eigenvalue weighted by molar-refractivity contribution is 5.69. The minimum atomic E-state index is 0.0315. The molecule has 0 amide bonds. The molecule has 0 aromatic rings. The molecular formula is C48H80O2. The monoisotopic (exact) mass is 689 g/mol. The van der Waals surface area contributed by atoms with E-state index in [1.54, 1.807) is 5.57 Å². The van der Waals surface area contributed by atoms with Crippen molar-refractivity contribution in [2.75, 3.05) is 0 Å². The van der Waals surface area contributed by atoms with Gasteiger partial charge in [0.05, 0.1) is 0 Å². The predicted molar refractivity (Wildman–Crippen MR) is 216 cm³/mol. The molecule has 3 fully saturated rings. The maximum atomic E-state index is 12.8. The molecule has 2 heteroatoms. The van der Waals surface area contributed by atoms with Crippen molar-refractivity contribution in [2.45, 2.75) is 196 Å². The summed E-state index contributed by atoms with van der Waals surface area (Å²) < 4.78 is 6.12. The number of fused-ring (bicyclic) bond motifs is 5. The normalized spacial score (nSPS) is 32.3. The number of carbonyl (C=O) groups excluding carboxylic acids is 1. The van der Waals surface area contributed by atoms with Gasteiger partial charge in [-0.25, -0.2) is 0 Å². The van der Waals surface area contributed by atoms with Crippen LogP contribution in [0.1, 0.15) is 190 Å². The molecule has 0 bridgehead atoms. The third-order valence-electron chi connectivity index (χ3n) is 14.7. The molecule has 0 spiro atoms. The van der Waals surface area contributed by atoms with E-state index in [4.69, 9.17) is 4.74 Å². The maximum Gasteiger partial charge on any atom is 0.306 e. The Labute approximate surface area is 310 Å². The lowest BCUT2D eigenvalue weighted by Gasteiger charge is -2.58. The molecule has 0 heterocycles. The molecule has 4 rings (SSSR count). The van der Waals surface area contributed by atoms with Gasteiger partial charge in [0.25, 0.3) is 0 Å². The molecule has 2 nitrogen and oxygen atoms in total. The minimum absolute atomic E-state index is 0.0315. The van der Waals surface area contributed by atoms with Crippen molar-refractivity contribution in [3.05, 3.63) is 48.1 Å². The zero-order valence-corrected chi connectivity index (χ0v) is 34.0. The van der Waals surface area contributed by atoms with Gasteiger partial charge in [-0.05, 0) is 136 Å². The summed E-state index contributed by atoms with van der Waals surface area (Å²) in [5, 5.41) is 0. The molecule has 3 saturated carbocycles. The van der Waals surface area contributed by atoms with Gasteiger partial charge in [-0.15, -0.1) is 0 Å². The zero-order valence-electron chi connectivity index (χ0n) is 34.0. The first-order chi connectivity index (χ1) is 24.1. The minimum Gasteiger partial charge on any atom is -0.462 e. The summed E-state index contributed by atoms with van der Waals surface area (Å²) in [6.45, 7) is 17.2. The average molecular weight is 689 g/mol. The summed E-state index contributed by atoms with van der Waals surface area (Å²) in [7, 11) is 0. The molecule has 50 heavy (non-hydrogen) atoms. The van der Waals surface area contributed by atoms with E-state index < -0.39 is 0 Å². The van der Waals surface area contributed by atoms with Gasteiger partial charge in [0.1, 0.15) is 6.10 Å². The second-order valence-corrected chi connectivity index (χ2v) is 18.3. The van der Waals surface area contributed by atoms with Crippen LogP contribution < -0.4 is 0 Å². The molecule has 4 aliphatic carbocycles. The highest BCUT2D eigenvalue weighted by atomic mass is 16.5. The van der Waals surface area contributed by atoms with Gasteiger partial charge in [-0.3, -0.25) is 4.79 Å². The summed E-state index contributed by atoms with van der Waals surface area (Å²) in [5.74, 6) is 5.49. The van der Waals surface area contributed by atoms with Gasteiger partial charge in [0, 0.05) is 12.8 Å². The van der Waals surface area contributed by atoms with Crippen LogP contribution in [0.3, 0.4) is 0 Å². The molecule has 0 radical (unpaired) electrons. The Morgan fingerprint density at radius 3 is 2.18 bits per heavy atom. The Bertz CT molecular complexity index is 1120. The van der Waals surface area contributed by atoms with Gasteiger partial charge in [-0.2, -0.15) is 0 Å². The highest BCUT2D eigenvalue weighted by Gasteiger charge is 2.59. The molecule has 4 aliphatic rings. The predicted octanol–water partition coefficient (Wildman–Crippen LogP) is 14.6. The number of carbonyl (C=O) groups is 1. The molecule has 0 aromatic heterocycles. The molecule has 0 aromatic carbocycles. The highest BCUT2D eigenvalue weighted by Crippen LogP contribution is 2.67. The van der Waals surface area contributed by atoms with Crippen molar-refractivity contribution in [3.63, 3.8) is 0 Å². The molecule has 0 N–H and O–H groups in total. The molecule has 9 unspecified atom stereocenters. The summed E-state index contributed by atoms with van der Waals surface area (Å²) in [5.41, 5.74) is 2.41. The Kier molecular flexibility index (Phi) is 17.0. The Morgan fingerprint density at radius 1 is 0.820 bits per heavy atom. The summed E-state index contributed by atoms with van der Waals surface area (Å²) >= 11 is 0. The number of hydrogen-bond donors (Lipinski definition) is 0. The van der Waals surface area contributed by atoms with Crippen molar-refractivity contribution >= 4 is 5.97 Å². The van der Waals surface area contributed by atoms with Crippen LogP contribution >= 0.6 is 0 Å². The van der Waals surface area contributed by atoms with Gasteiger partial charge in [0.2, 0.25) is 0 Å². The third kappa shape index (κ3) is 11.0. The third-order valence-corrected chi connectivity index (χ3v) is 14.7. The van der Waals surface area contributed by atoms with Gasteiger partial charge in [0.15, 0.2) is 0 Å². The fourth-order valence-electron chi connectivity index (χ4n) is 11.4. The number of ether oxygens (including phenoxy) is 1. The van der Waals surface area contributed by atoms with Crippen LogP contribution in [0.5, 0.6) is 0 Å². The van der Waals surface area contributed by atoms with Crippen LogP contribution in [-0.2, 0) is 9.53 Å². The average Bonchev–Trinajstić information content (AvgIpc) is 3.45. The first-order valence-electron chi connectivity index (χ1n) is 22.0. The number of unbranched alkanes of at least 4 members (excludes halogenated alkanes) is 10. The van der Waals surface area contributed by atoms with E-state index in [-0.39, 0.29) is 12.1 Å². The fourth-order valence-corrected chi connectivity index (χ4v) is 11.4. The van der Waals surface area contributed by atoms with Crippen LogP contribution in [0.25, 0.3) is 0 Å². The van der Waals surface area contributed by atoms with Gasteiger partial charge >= 0.3 is 5.97 Å².